The zero-order valence-corrected chi connectivity index (χ0v) is 25.7. The van der Waals surface area contributed by atoms with E-state index in [0.29, 0.717) is 5.39 Å². The molecule has 0 unspecified atom stereocenters. The molecule has 2 fully saturated rings. The molecule has 2 saturated heterocycles. The quantitative estimate of drug-likeness (QED) is 0.126. The fraction of sp³-hybridized carbons (Fsp3) is 0.467. The van der Waals surface area contributed by atoms with E-state index in [1.807, 2.05) is 31.1 Å². The summed E-state index contributed by atoms with van der Waals surface area (Å²) in [5.74, 6) is 0.130. The summed E-state index contributed by atoms with van der Waals surface area (Å²) in [6.07, 6.45) is -15.9. The Balaban J connectivity index is 1.26. The van der Waals surface area contributed by atoms with Crippen LogP contribution in [0, 0.1) is 0 Å². The lowest BCUT2D eigenvalue weighted by atomic mass is 9.97. The highest BCUT2D eigenvalue weighted by Gasteiger charge is 2.51. The molecule has 2 aliphatic heterocycles. The van der Waals surface area contributed by atoms with Gasteiger partial charge in [-0.1, -0.05) is 24.3 Å². The summed E-state index contributed by atoms with van der Waals surface area (Å²) in [7, 11) is -0.261. The number of hydrogen-bond acceptors (Lipinski definition) is 14. The van der Waals surface area contributed by atoms with Gasteiger partial charge in [0.15, 0.2) is 6.29 Å². The number of nitrogens with zero attached hydrogens (tertiary/aromatic N) is 1. The largest absolute Gasteiger partial charge is 0.462 e. The lowest BCUT2D eigenvalue weighted by Crippen LogP contribution is -2.65. The van der Waals surface area contributed by atoms with Gasteiger partial charge in [0.05, 0.1) is 18.1 Å². The minimum absolute atomic E-state index is 0.0947. The highest BCUT2D eigenvalue weighted by Crippen LogP contribution is 2.33. The Hall–Kier alpha value is -3.13. The molecule has 5 rings (SSSR count). The van der Waals surface area contributed by atoms with Crippen LogP contribution in [-0.2, 0) is 24.2 Å². The molecular formula is C30H38N2O13S. The lowest BCUT2D eigenvalue weighted by molar-refractivity contribution is -0.352. The van der Waals surface area contributed by atoms with Crippen LogP contribution < -0.4 is 14.4 Å². The van der Waals surface area contributed by atoms with Crippen LogP contribution in [0.2, 0.25) is 0 Å². The van der Waals surface area contributed by atoms with Crippen molar-refractivity contribution in [3.8, 4) is 5.75 Å². The highest BCUT2D eigenvalue weighted by atomic mass is 32.2. The minimum Gasteiger partial charge on any atom is -0.462 e. The predicted octanol–water partition coefficient (Wildman–Crippen LogP) is -1.29. The Morgan fingerprint density at radius 3 is 2.00 bits per heavy atom. The Labute approximate surface area is 264 Å². The number of ether oxygens (including phenoxy) is 4. The van der Waals surface area contributed by atoms with Crippen LogP contribution in [0.4, 0.5) is 11.4 Å². The summed E-state index contributed by atoms with van der Waals surface area (Å²) in [6, 6.07) is 16.1. The summed E-state index contributed by atoms with van der Waals surface area (Å²) in [5, 5.41) is 72.5. The fourth-order valence-corrected chi connectivity index (χ4v) is 6.77. The summed E-state index contributed by atoms with van der Waals surface area (Å²) in [6.45, 7) is -1.44. The average molecular weight is 667 g/mol. The Morgan fingerprint density at radius 2 is 1.35 bits per heavy atom. The summed E-state index contributed by atoms with van der Waals surface area (Å²) in [5.41, 5.74) is 1.09. The number of hydrogen-bond donors (Lipinski definition) is 8. The molecule has 16 heteroatoms. The van der Waals surface area contributed by atoms with Gasteiger partial charge in [-0.3, -0.25) is 4.72 Å². The first-order valence-electron chi connectivity index (χ1n) is 14.4. The smallest absolute Gasteiger partial charge is 0.262 e. The van der Waals surface area contributed by atoms with Crippen LogP contribution in [0.1, 0.15) is 0 Å². The molecule has 2 heterocycles. The van der Waals surface area contributed by atoms with Gasteiger partial charge in [-0.15, -0.1) is 0 Å². The van der Waals surface area contributed by atoms with Gasteiger partial charge in [0.25, 0.3) is 10.0 Å². The first-order valence-corrected chi connectivity index (χ1v) is 15.9. The SMILES string of the molecule is CN(C)c1cccc2c(S(=O)(=O)Nc3ccc(O[C@@H]4O[C@H](CO)[C@@H](O[C@@H]5O[C@H](CO)[C@H](O)[C@H](O)[C@H]5O)[C@H](O)[C@H]4O)cc3)cccc12. The van der Waals surface area contributed by atoms with Gasteiger partial charge in [0.1, 0.15) is 54.6 Å². The highest BCUT2D eigenvalue weighted by molar-refractivity contribution is 7.93. The number of aliphatic hydroxyl groups excluding tert-OH is 7. The van der Waals surface area contributed by atoms with Gasteiger partial charge in [-0.25, -0.2) is 8.42 Å². The predicted molar refractivity (Wildman–Crippen MR) is 163 cm³/mol. The van der Waals surface area contributed by atoms with Crippen molar-refractivity contribution in [1.29, 1.82) is 0 Å². The molecule has 0 saturated carbocycles. The maximum absolute atomic E-state index is 13.4. The molecule has 0 bridgehead atoms. The van der Waals surface area contributed by atoms with E-state index in [4.69, 9.17) is 18.9 Å². The molecule has 0 spiro atoms. The van der Waals surface area contributed by atoms with Crippen LogP contribution in [-0.4, -0.2) is 133 Å². The van der Waals surface area contributed by atoms with E-state index < -0.39 is 84.6 Å². The zero-order chi connectivity index (χ0) is 33.3. The average Bonchev–Trinajstić information content (AvgIpc) is 3.04. The number of aliphatic hydroxyl groups is 7. The normalized spacial score (nSPS) is 31.8. The first-order chi connectivity index (χ1) is 21.9. The van der Waals surface area contributed by atoms with Gasteiger partial charge in [0.2, 0.25) is 6.29 Å². The van der Waals surface area contributed by atoms with Crippen LogP contribution in [0.25, 0.3) is 10.8 Å². The Morgan fingerprint density at radius 1 is 0.739 bits per heavy atom. The van der Waals surface area contributed by atoms with E-state index >= 15 is 0 Å². The maximum atomic E-state index is 13.4. The van der Waals surface area contributed by atoms with Crippen molar-refractivity contribution in [1.82, 2.24) is 0 Å². The molecule has 15 nitrogen and oxygen atoms in total. The van der Waals surface area contributed by atoms with Crippen molar-refractivity contribution in [2.45, 2.75) is 66.3 Å². The van der Waals surface area contributed by atoms with E-state index in [9.17, 15) is 44.2 Å². The number of fused-ring (bicyclic) bond motifs is 1. The molecule has 10 atom stereocenters. The number of anilines is 2. The minimum atomic E-state index is -4.00. The Bertz CT molecular complexity index is 1590. The standard InChI is InChI=1S/C30H38N2O13S/c1-32(2)19-7-3-6-18-17(19)5-4-8-22(18)46(40,41)31-15-9-11-16(12-10-15)42-29-27(39)25(37)28(21(14-34)44-29)45-30-26(38)24(36)23(35)20(13-33)43-30/h3-12,20-21,23-31,33-39H,13-14H2,1-2H3/t20-,21-,23+,24+,25-,26-,27-,28-,29-,30+/m1/s1. The van der Waals surface area contributed by atoms with Crippen molar-refractivity contribution < 1.29 is 63.1 Å². The number of benzene rings is 3. The van der Waals surface area contributed by atoms with Crippen LogP contribution in [0.3, 0.4) is 0 Å². The van der Waals surface area contributed by atoms with E-state index in [1.54, 1.807) is 18.2 Å². The number of sulfonamides is 1. The fourth-order valence-electron chi connectivity index (χ4n) is 5.49. The molecule has 0 amide bonds. The third-order valence-electron chi connectivity index (χ3n) is 7.95. The van der Waals surface area contributed by atoms with E-state index in [2.05, 4.69) is 4.72 Å². The van der Waals surface area contributed by atoms with Crippen molar-refractivity contribution in [2.75, 3.05) is 36.9 Å². The van der Waals surface area contributed by atoms with Gasteiger partial charge in [-0.05, 0) is 36.4 Å². The maximum Gasteiger partial charge on any atom is 0.262 e. The number of nitrogens with one attached hydrogen (secondary N) is 1. The van der Waals surface area contributed by atoms with Crippen molar-refractivity contribution >= 4 is 32.2 Å². The molecule has 3 aromatic carbocycles. The summed E-state index contributed by atoms with van der Waals surface area (Å²) >= 11 is 0. The van der Waals surface area contributed by atoms with Gasteiger partial charge >= 0.3 is 0 Å². The van der Waals surface area contributed by atoms with Gasteiger partial charge < -0.3 is 59.6 Å². The second-order valence-corrected chi connectivity index (χ2v) is 12.9. The summed E-state index contributed by atoms with van der Waals surface area (Å²) < 4.78 is 51.5. The second-order valence-electron chi connectivity index (χ2n) is 11.3. The van der Waals surface area contributed by atoms with E-state index in [-0.39, 0.29) is 16.3 Å². The molecule has 8 N–H and O–H groups in total. The molecule has 0 radical (unpaired) electrons. The molecule has 3 aromatic rings. The second kappa shape index (κ2) is 13.9. The topological polar surface area (TPSA) is 228 Å². The zero-order valence-electron chi connectivity index (χ0n) is 24.9. The Kier molecular flexibility index (Phi) is 10.4. The molecule has 252 valence electrons. The van der Waals surface area contributed by atoms with Crippen LogP contribution in [0.15, 0.2) is 65.6 Å². The van der Waals surface area contributed by atoms with Gasteiger partial charge in [-0.2, -0.15) is 0 Å². The molecule has 46 heavy (non-hydrogen) atoms. The van der Waals surface area contributed by atoms with Crippen LogP contribution in [0.5, 0.6) is 5.75 Å². The third-order valence-corrected chi connectivity index (χ3v) is 9.39. The lowest BCUT2D eigenvalue weighted by Gasteiger charge is -2.45. The monoisotopic (exact) mass is 666 g/mol. The van der Waals surface area contributed by atoms with Crippen LogP contribution >= 0.6 is 0 Å². The molecule has 0 aliphatic carbocycles. The summed E-state index contributed by atoms with van der Waals surface area (Å²) in [4.78, 5) is 1.99. The van der Waals surface area contributed by atoms with Gasteiger partial charge in [0, 0.05) is 36.2 Å². The van der Waals surface area contributed by atoms with Crippen molar-refractivity contribution in [3.05, 3.63) is 60.7 Å². The van der Waals surface area contributed by atoms with Crippen molar-refractivity contribution in [2.24, 2.45) is 0 Å². The third kappa shape index (κ3) is 6.78. The van der Waals surface area contributed by atoms with E-state index in [1.165, 1.54) is 30.3 Å². The molecule has 0 aromatic heterocycles. The molecular weight excluding hydrogens is 628 g/mol. The van der Waals surface area contributed by atoms with E-state index in [0.717, 1.165) is 11.1 Å². The molecule has 2 aliphatic rings. The van der Waals surface area contributed by atoms with Crippen molar-refractivity contribution in [3.63, 3.8) is 0 Å². The number of rotatable bonds is 10. The first kappa shape index (κ1) is 34.2.